The van der Waals surface area contributed by atoms with Crippen LogP contribution in [0, 0.1) is 0 Å². The molecule has 0 amide bonds. The average molecular weight is 345 g/mol. The highest BCUT2D eigenvalue weighted by Gasteiger charge is 2.09. The molecular formula is C17H13ClN2O2S. The molecule has 0 bridgehead atoms. The number of nitrogens with zero attached hydrogens (tertiary/aromatic N) is 2. The minimum atomic E-state index is -0.330. The van der Waals surface area contributed by atoms with Crippen molar-refractivity contribution in [2.24, 2.45) is 4.99 Å². The summed E-state index contributed by atoms with van der Waals surface area (Å²) < 4.78 is 5.89. The van der Waals surface area contributed by atoms with Crippen molar-refractivity contribution in [1.29, 1.82) is 0 Å². The van der Waals surface area contributed by atoms with Crippen molar-refractivity contribution in [3.63, 3.8) is 0 Å². The van der Waals surface area contributed by atoms with Crippen LogP contribution in [0.1, 0.15) is 22.8 Å². The van der Waals surface area contributed by atoms with Gasteiger partial charge in [-0.3, -0.25) is 0 Å². The summed E-state index contributed by atoms with van der Waals surface area (Å²) in [4.78, 5) is 20.6. The maximum Gasteiger partial charge on any atom is 0.338 e. The Morgan fingerprint density at radius 2 is 2.17 bits per heavy atom. The summed E-state index contributed by atoms with van der Waals surface area (Å²) in [5.41, 5.74) is 2.15. The predicted octanol–water partition coefficient (Wildman–Crippen LogP) is 4.88. The molecule has 0 aliphatic rings. The Hall–Kier alpha value is -2.24. The van der Waals surface area contributed by atoms with E-state index < -0.39 is 0 Å². The summed E-state index contributed by atoms with van der Waals surface area (Å²) in [5, 5.41) is 1.25. The number of rotatable bonds is 4. The Balaban J connectivity index is 1.88. The van der Waals surface area contributed by atoms with Gasteiger partial charge in [0, 0.05) is 16.8 Å². The molecule has 4 nitrogen and oxygen atoms in total. The minimum Gasteiger partial charge on any atom is -0.462 e. The fourth-order valence-corrected chi connectivity index (χ4v) is 3.05. The molecule has 1 aromatic heterocycles. The van der Waals surface area contributed by atoms with Gasteiger partial charge in [0.05, 0.1) is 22.4 Å². The number of carbonyl (C=O) groups excluding carboxylic acids is 1. The van der Waals surface area contributed by atoms with Crippen LogP contribution in [-0.2, 0) is 4.74 Å². The van der Waals surface area contributed by atoms with Gasteiger partial charge in [0.25, 0.3) is 0 Å². The summed E-state index contributed by atoms with van der Waals surface area (Å²) in [6, 6.07) is 12.8. The van der Waals surface area contributed by atoms with Crippen LogP contribution in [0.2, 0.25) is 5.02 Å². The minimum absolute atomic E-state index is 0.330. The van der Waals surface area contributed by atoms with Crippen molar-refractivity contribution in [3.05, 3.63) is 58.6 Å². The van der Waals surface area contributed by atoms with E-state index in [9.17, 15) is 4.79 Å². The predicted molar refractivity (Wildman–Crippen MR) is 94.3 cm³/mol. The number of esters is 1. The van der Waals surface area contributed by atoms with Gasteiger partial charge in [-0.05, 0) is 31.2 Å². The number of aromatic nitrogens is 1. The van der Waals surface area contributed by atoms with Crippen LogP contribution >= 0.6 is 22.9 Å². The third-order valence-corrected chi connectivity index (χ3v) is 4.38. The lowest BCUT2D eigenvalue weighted by Crippen LogP contribution is -2.03. The molecule has 116 valence electrons. The van der Waals surface area contributed by atoms with Gasteiger partial charge >= 0.3 is 5.97 Å². The third-order valence-electron chi connectivity index (χ3n) is 3.11. The van der Waals surface area contributed by atoms with Crippen molar-refractivity contribution < 1.29 is 9.53 Å². The highest BCUT2D eigenvalue weighted by molar-refractivity contribution is 7.22. The molecule has 0 fully saturated rings. The van der Waals surface area contributed by atoms with Gasteiger partial charge in [-0.2, -0.15) is 0 Å². The van der Waals surface area contributed by atoms with Gasteiger partial charge in [-0.1, -0.05) is 41.1 Å². The number of aliphatic imine (C=N–C) groups is 1. The average Bonchev–Trinajstić information content (AvgIpc) is 2.96. The molecule has 0 unspecified atom stereocenters. The summed E-state index contributed by atoms with van der Waals surface area (Å²) in [6.07, 6.45) is 1.69. The molecule has 6 heteroatoms. The van der Waals surface area contributed by atoms with Gasteiger partial charge < -0.3 is 4.74 Å². The first-order valence-electron chi connectivity index (χ1n) is 7.03. The second-order valence-electron chi connectivity index (χ2n) is 4.68. The molecule has 0 saturated carbocycles. The number of halogens is 1. The molecular weight excluding hydrogens is 332 g/mol. The highest BCUT2D eigenvalue weighted by atomic mass is 35.5. The second-order valence-corrected chi connectivity index (χ2v) is 6.10. The Morgan fingerprint density at radius 1 is 1.35 bits per heavy atom. The van der Waals surface area contributed by atoms with E-state index in [0.717, 1.165) is 15.8 Å². The molecule has 0 aliphatic heterocycles. The zero-order valence-corrected chi connectivity index (χ0v) is 13.9. The van der Waals surface area contributed by atoms with Crippen molar-refractivity contribution in [1.82, 2.24) is 4.98 Å². The number of benzene rings is 2. The molecule has 3 rings (SSSR count). The summed E-state index contributed by atoms with van der Waals surface area (Å²) in [5.74, 6) is -0.330. The molecule has 0 saturated heterocycles. The Kier molecular flexibility index (Phi) is 4.69. The molecule has 0 aliphatic carbocycles. The van der Waals surface area contributed by atoms with E-state index in [4.69, 9.17) is 16.3 Å². The lowest BCUT2D eigenvalue weighted by Gasteiger charge is -2.00. The van der Waals surface area contributed by atoms with Gasteiger partial charge in [0.2, 0.25) is 5.13 Å². The molecule has 1 heterocycles. The number of carbonyl (C=O) groups is 1. The molecule has 2 aromatic carbocycles. The van der Waals surface area contributed by atoms with Crippen LogP contribution in [0.25, 0.3) is 10.2 Å². The number of hydrogen-bond acceptors (Lipinski definition) is 5. The molecule has 0 atom stereocenters. The fraction of sp³-hybridized carbons (Fsp3) is 0.118. The molecule has 0 radical (unpaired) electrons. The molecule has 23 heavy (non-hydrogen) atoms. The van der Waals surface area contributed by atoms with Gasteiger partial charge in [-0.15, -0.1) is 0 Å². The first-order valence-corrected chi connectivity index (χ1v) is 8.23. The normalized spacial score (nSPS) is 11.2. The summed E-state index contributed by atoms with van der Waals surface area (Å²) >= 11 is 7.51. The van der Waals surface area contributed by atoms with E-state index >= 15 is 0 Å². The third kappa shape index (κ3) is 3.57. The number of fused-ring (bicyclic) bond motifs is 1. The molecule has 0 spiro atoms. The SMILES string of the molecule is CCOC(=O)c1ccc2nc(N=Cc3ccccc3Cl)sc2c1. The first-order chi connectivity index (χ1) is 11.2. The molecule has 3 aromatic rings. The monoisotopic (exact) mass is 344 g/mol. The van der Waals surface area contributed by atoms with E-state index in [1.165, 1.54) is 11.3 Å². The van der Waals surface area contributed by atoms with Crippen LogP contribution in [0.4, 0.5) is 5.13 Å². The first kappa shape index (κ1) is 15.6. The van der Waals surface area contributed by atoms with E-state index in [-0.39, 0.29) is 5.97 Å². The Bertz CT molecular complexity index is 889. The van der Waals surface area contributed by atoms with Crippen LogP contribution in [0.3, 0.4) is 0 Å². The zero-order valence-electron chi connectivity index (χ0n) is 12.3. The van der Waals surface area contributed by atoms with Crippen LogP contribution in [0.5, 0.6) is 0 Å². The zero-order chi connectivity index (χ0) is 16.2. The van der Waals surface area contributed by atoms with Crippen LogP contribution < -0.4 is 0 Å². The highest BCUT2D eigenvalue weighted by Crippen LogP contribution is 2.29. The topological polar surface area (TPSA) is 51.5 Å². The van der Waals surface area contributed by atoms with Crippen molar-refractivity contribution in [2.45, 2.75) is 6.92 Å². The van der Waals surface area contributed by atoms with Gasteiger partial charge in [0.1, 0.15) is 0 Å². The van der Waals surface area contributed by atoms with E-state index in [0.29, 0.717) is 22.3 Å². The number of thiazole rings is 1. The van der Waals surface area contributed by atoms with E-state index in [1.807, 2.05) is 24.3 Å². The lowest BCUT2D eigenvalue weighted by atomic mass is 10.2. The number of ether oxygens (including phenoxy) is 1. The van der Waals surface area contributed by atoms with E-state index in [2.05, 4.69) is 9.98 Å². The van der Waals surface area contributed by atoms with Crippen LogP contribution in [-0.4, -0.2) is 23.8 Å². The smallest absolute Gasteiger partial charge is 0.338 e. The van der Waals surface area contributed by atoms with Gasteiger partial charge in [-0.25, -0.2) is 14.8 Å². The van der Waals surface area contributed by atoms with Crippen molar-refractivity contribution in [2.75, 3.05) is 6.61 Å². The lowest BCUT2D eigenvalue weighted by molar-refractivity contribution is 0.0526. The standard InChI is InChI=1S/C17H13ClN2O2S/c1-2-22-16(21)11-7-8-14-15(9-11)23-17(20-14)19-10-12-5-3-4-6-13(12)18/h3-10H,2H2,1H3. The van der Waals surface area contributed by atoms with Crippen LogP contribution in [0.15, 0.2) is 47.5 Å². The Labute approximate surface area is 142 Å². The number of hydrogen-bond donors (Lipinski definition) is 0. The largest absolute Gasteiger partial charge is 0.462 e. The van der Waals surface area contributed by atoms with Crippen molar-refractivity contribution in [3.8, 4) is 0 Å². The van der Waals surface area contributed by atoms with E-state index in [1.54, 1.807) is 31.3 Å². The van der Waals surface area contributed by atoms with Gasteiger partial charge in [0.15, 0.2) is 0 Å². The van der Waals surface area contributed by atoms with Crippen molar-refractivity contribution >= 4 is 50.5 Å². The summed E-state index contributed by atoms with van der Waals surface area (Å²) in [6.45, 7) is 2.14. The maximum atomic E-state index is 11.8. The summed E-state index contributed by atoms with van der Waals surface area (Å²) in [7, 11) is 0. The maximum absolute atomic E-state index is 11.8. The second kappa shape index (κ2) is 6.89. The quantitative estimate of drug-likeness (QED) is 0.500. The fourth-order valence-electron chi connectivity index (χ4n) is 2.01. The molecule has 0 N–H and O–H groups in total. The Morgan fingerprint density at radius 3 is 2.96 bits per heavy atom.